The highest BCUT2D eigenvalue weighted by Gasteiger charge is 2.18. The molecule has 100 valence electrons. The van der Waals surface area contributed by atoms with E-state index in [0.29, 0.717) is 12.0 Å². The van der Waals surface area contributed by atoms with Crippen molar-refractivity contribution in [3.63, 3.8) is 0 Å². The van der Waals surface area contributed by atoms with Crippen LogP contribution in [0, 0.1) is 0 Å². The number of rotatable bonds is 4. The Morgan fingerprint density at radius 3 is 2.89 bits per heavy atom. The highest BCUT2D eigenvalue weighted by atomic mass is 15.1. The van der Waals surface area contributed by atoms with Crippen LogP contribution >= 0.6 is 0 Å². The molecule has 2 heterocycles. The Morgan fingerprint density at radius 1 is 1.37 bits per heavy atom. The van der Waals surface area contributed by atoms with Gasteiger partial charge in [-0.1, -0.05) is 13.8 Å². The van der Waals surface area contributed by atoms with Gasteiger partial charge in [-0.25, -0.2) is 4.98 Å². The van der Waals surface area contributed by atoms with Crippen LogP contribution in [0.2, 0.25) is 0 Å². The van der Waals surface area contributed by atoms with E-state index in [1.165, 1.54) is 36.1 Å². The van der Waals surface area contributed by atoms with Gasteiger partial charge in [-0.2, -0.15) is 5.10 Å². The second-order valence-corrected chi connectivity index (χ2v) is 5.55. The minimum atomic E-state index is 0.439. The van der Waals surface area contributed by atoms with Crippen LogP contribution in [0.3, 0.4) is 0 Å². The summed E-state index contributed by atoms with van der Waals surface area (Å²) in [5.74, 6) is 1.41. The van der Waals surface area contributed by atoms with Crippen LogP contribution in [0.25, 0.3) is 11.1 Å². The Labute approximate surface area is 113 Å². The summed E-state index contributed by atoms with van der Waals surface area (Å²) in [6.45, 7) is 4.34. The second kappa shape index (κ2) is 5.03. The molecule has 2 N–H and O–H groups in total. The van der Waals surface area contributed by atoms with Crippen LogP contribution in [0.1, 0.15) is 44.7 Å². The summed E-state index contributed by atoms with van der Waals surface area (Å²) in [7, 11) is 0. The molecule has 4 heteroatoms. The zero-order chi connectivity index (χ0) is 13.2. The zero-order valence-corrected chi connectivity index (χ0v) is 11.5. The van der Waals surface area contributed by atoms with Gasteiger partial charge < -0.3 is 5.32 Å². The molecule has 0 aliphatic heterocycles. The van der Waals surface area contributed by atoms with E-state index in [-0.39, 0.29) is 0 Å². The maximum atomic E-state index is 4.40. The van der Waals surface area contributed by atoms with Gasteiger partial charge in [-0.05, 0) is 42.9 Å². The topological polar surface area (TPSA) is 53.6 Å². The number of H-pyrrole nitrogens is 1. The average molecular weight is 256 g/mol. The van der Waals surface area contributed by atoms with Gasteiger partial charge in [0.2, 0.25) is 0 Å². The van der Waals surface area contributed by atoms with Crippen molar-refractivity contribution >= 4 is 5.82 Å². The Morgan fingerprint density at radius 2 is 2.21 bits per heavy atom. The molecule has 1 aliphatic carbocycles. The number of hydrogen-bond acceptors (Lipinski definition) is 3. The number of aromatic amines is 1. The molecule has 0 atom stereocenters. The quantitative estimate of drug-likeness (QED) is 0.879. The normalized spacial score (nSPS) is 15.5. The van der Waals surface area contributed by atoms with Crippen molar-refractivity contribution in [2.24, 2.45) is 0 Å². The molecule has 0 aromatic carbocycles. The first-order valence-corrected chi connectivity index (χ1v) is 7.00. The van der Waals surface area contributed by atoms with E-state index in [4.69, 9.17) is 0 Å². The molecule has 0 amide bonds. The molecule has 1 aliphatic rings. The van der Waals surface area contributed by atoms with Gasteiger partial charge in [-0.15, -0.1) is 0 Å². The van der Waals surface area contributed by atoms with Gasteiger partial charge in [0, 0.05) is 23.5 Å². The first-order chi connectivity index (χ1) is 9.24. The van der Waals surface area contributed by atoms with Crippen LogP contribution in [0.4, 0.5) is 5.82 Å². The van der Waals surface area contributed by atoms with E-state index < -0.39 is 0 Å². The molecule has 3 rings (SSSR count). The van der Waals surface area contributed by atoms with Gasteiger partial charge in [0.25, 0.3) is 0 Å². The Bertz CT molecular complexity index is 555. The van der Waals surface area contributed by atoms with Crippen LogP contribution in [-0.2, 0) is 0 Å². The molecular formula is C15H20N4. The van der Waals surface area contributed by atoms with E-state index in [9.17, 15) is 0 Å². The van der Waals surface area contributed by atoms with Gasteiger partial charge >= 0.3 is 0 Å². The van der Waals surface area contributed by atoms with Crippen LogP contribution in [-0.4, -0.2) is 21.2 Å². The largest absolute Gasteiger partial charge is 0.367 e. The summed E-state index contributed by atoms with van der Waals surface area (Å²) < 4.78 is 0. The number of aromatic nitrogens is 3. The lowest BCUT2D eigenvalue weighted by Crippen LogP contribution is -2.27. The van der Waals surface area contributed by atoms with E-state index >= 15 is 0 Å². The molecule has 0 bridgehead atoms. The fourth-order valence-corrected chi connectivity index (χ4v) is 2.41. The minimum absolute atomic E-state index is 0.439. The summed E-state index contributed by atoms with van der Waals surface area (Å²) in [6, 6.07) is 4.77. The van der Waals surface area contributed by atoms with E-state index in [2.05, 4.69) is 40.4 Å². The summed E-state index contributed by atoms with van der Waals surface area (Å²) in [4.78, 5) is 4.40. The lowest BCUT2D eigenvalue weighted by atomic mass is 9.93. The highest BCUT2D eigenvalue weighted by molar-refractivity contribution is 5.68. The molecule has 19 heavy (non-hydrogen) atoms. The molecule has 1 saturated carbocycles. The summed E-state index contributed by atoms with van der Waals surface area (Å²) in [5, 5.41) is 10.8. The molecule has 4 nitrogen and oxygen atoms in total. The van der Waals surface area contributed by atoms with E-state index in [0.717, 1.165) is 5.82 Å². The van der Waals surface area contributed by atoms with Crippen LogP contribution < -0.4 is 5.32 Å². The number of pyridine rings is 1. The van der Waals surface area contributed by atoms with E-state index in [1.54, 1.807) is 0 Å². The molecule has 2 aromatic heterocycles. The van der Waals surface area contributed by atoms with Crippen molar-refractivity contribution in [3.05, 3.63) is 30.2 Å². The monoisotopic (exact) mass is 256 g/mol. The average Bonchev–Trinajstić information content (AvgIpc) is 2.83. The minimum Gasteiger partial charge on any atom is -0.367 e. The molecule has 0 unspecified atom stereocenters. The summed E-state index contributed by atoms with van der Waals surface area (Å²) in [6.07, 6.45) is 7.62. The highest BCUT2D eigenvalue weighted by Crippen LogP contribution is 2.29. The number of anilines is 1. The predicted octanol–water partition coefficient (Wildman–Crippen LogP) is 3.56. The van der Waals surface area contributed by atoms with Crippen LogP contribution in [0.5, 0.6) is 0 Å². The predicted molar refractivity (Wildman–Crippen MR) is 77.2 cm³/mol. The molecular weight excluding hydrogens is 236 g/mol. The molecule has 0 radical (unpaired) electrons. The maximum Gasteiger partial charge on any atom is 0.126 e. The molecule has 1 fully saturated rings. The van der Waals surface area contributed by atoms with Crippen molar-refractivity contribution in [2.45, 2.75) is 45.1 Å². The summed E-state index contributed by atoms with van der Waals surface area (Å²) >= 11 is 0. The second-order valence-electron chi connectivity index (χ2n) is 5.55. The Hall–Kier alpha value is -1.84. The summed E-state index contributed by atoms with van der Waals surface area (Å²) in [5.41, 5.74) is 3.53. The first-order valence-electron chi connectivity index (χ1n) is 7.00. The van der Waals surface area contributed by atoms with Crippen molar-refractivity contribution in [3.8, 4) is 11.1 Å². The van der Waals surface area contributed by atoms with Gasteiger partial charge in [0.15, 0.2) is 0 Å². The third-order valence-electron chi connectivity index (χ3n) is 3.77. The molecule has 0 saturated heterocycles. The third-order valence-corrected chi connectivity index (χ3v) is 3.77. The van der Waals surface area contributed by atoms with Crippen LogP contribution in [0.15, 0.2) is 24.5 Å². The Balaban J connectivity index is 1.87. The number of nitrogens with zero attached hydrogens (tertiary/aromatic N) is 2. The number of hydrogen-bond donors (Lipinski definition) is 2. The fourth-order valence-electron chi connectivity index (χ4n) is 2.41. The van der Waals surface area contributed by atoms with Gasteiger partial charge in [0.1, 0.15) is 5.82 Å². The number of nitrogens with one attached hydrogen (secondary N) is 2. The Kier molecular flexibility index (Phi) is 3.23. The standard InChI is InChI=1S/C15H20N4/c1-10(2)15-13(9-17-19-15)11-6-7-16-14(8-11)18-12-4-3-5-12/h6-10,12H,3-5H2,1-2H3,(H,16,18)(H,17,19). The van der Waals surface area contributed by atoms with Gasteiger partial charge in [-0.3, -0.25) is 5.10 Å². The van der Waals surface area contributed by atoms with E-state index in [1.807, 2.05) is 18.5 Å². The smallest absolute Gasteiger partial charge is 0.126 e. The van der Waals surface area contributed by atoms with Crippen molar-refractivity contribution < 1.29 is 0 Å². The van der Waals surface area contributed by atoms with Crippen molar-refractivity contribution in [2.75, 3.05) is 5.32 Å². The van der Waals surface area contributed by atoms with Crippen molar-refractivity contribution in [1.29, 1.82) is 0 Å². The lowest BCUT2D eigenvalue weighted by Gasteiger charge is -2.27. The first kappa shape index (κ1) is 12.2. The SMILES string of the molecule is CC(C)c1[nH]ncc1-c1ccnc(NC2CCC2)c1. The van der Waals surface area contributed by atoms with Gasteiger partial charge in [0.05, 0.1) is 6.20 Å². The molecule has 0 spiro atoms. The third kappa shape index (κ3) is 2.48. The fraction of sp³-hybridized carbons (Fsp3) is 0.467. The maximum absolute atomic E-state index is 4.40. The lowest BCUT2D eigenvalue weighted by molar-refractivity contribution is 0.444. The molecule has 2 aromatic rings. The van der Waals surface area contributed by atoms with Crippen molar-refractivity contribution in [1.82, 2.24) is 15.2 Å². The zero-order valence-electron chi connectivity index (χ0n) is 11.5.